The van der Waals surface area contributed by atoms with Crippen molar-refractivity contribution < 1.29 is 9.90 Å². The molecule has 11 heavy (non-hydrogen) atoms. The number of carbonyl (C=O) groups is 1. The first-order chi connectivity index (χ1) is 5.01. The highest BCUT2D eigenvalue weighted by atomic mass is 16.4. The molecule has 0 bridgehead atoms. The smallest absolute Gasteiger partial charge is 0.306 e. The lowest BCUT2D eigenvalue weighted by Crippen LogP contribution is -2.52. The maximum Gasteiger partial charge on any atom is 0.306 e. The zero-order chi connectivity index (χ0) is 8.48. The molecule has 0 saturated heterocycles. The molecule has 5 N–H and O–H groups in total. The highest BCUT2D eigenvalue weighted by Crippen LogP contribution is 2.26. The van der Waals surface area contributed by atoms with Crippen LogP contribution in [-0.2, 0) is 4.79 Å². The largest absolute Gasteiger partial charge is 0.481 e. The van der Waals surface area contributed by atoms with Gasteiger partial charge < -0.3 is 16.6 Å². The number of carboxylic acid groups (broad SMARTS) is 1. The molecule has 0 amide bonds. The minimum atomic E-state index is -0.722. The van der Waals surface area contributed by atoms with E-state index in [4.69, 9.17) is 16.6 Å². The fourth-order valence-electron chi connectivity index (χ4n) is 1.40. The number of hydrogen-bond donors (Lipinski definition) is 3. The lowest BCUT2D eigenvalue weighted by molar-refractivity contribution is -0.143. The molecule has 64 valence electrons. The van der Waals surface area contributed by atoms with Crippen LogP contribution in [0.25, 0.3) is 0 Å². The van der Waals surface area contributed by atoms with Crippen LogP contribution in [0.5, 0.6) is 0 Å². The Balaban J connectivity index is 2.42. The van der Waals surface area contributed by atoms with E-state index < -0.39 is 11.6 Å². The average Bonchev–Trinajstić information content (AvgIpc) is 1.86. The van der Waals surface area contributed by atoms with Gasteiger partial charge in [0, 0.05) is 0 Å². The minimum Gasteiger partial charge on any atom is -0.481 e. The van der Waals surface area contributed by atoms with Gasteiger partial charge in [-0.3, -0.25) is 4.79 Å². The maximum atomic E-state index is 10.5. The normalized spacial score (nSPS) is 24.9. The summed E-state index contributed by atoms with van der Waals surface area (Å²) < 4.78 is 0. The van der Waals surface area contributed by atoms with E-state index in [1.54, 1.807) is 0 Å². The fraction of sp³-hybridized carbons (Fsp3) is 0.857. The maximum absolute atomic E-state index is 10.5. The van der Waals surface area contributed by atoms with E-state index in [2.05, 4.69) is 0 Å². The van der Waals surface area contributed by atoms with Crippen LogP contribution < -0.4 is 11.5 Å². The third-order valence-electron chi connectivity index (χ3n) is 2.27. The second-order valence-electron chi connectivity index (χ2n) is 3.35. The van der Waals surface area contributed by atoms with Crippen molar-refractivity contribution in [2.24, 2.45) is 17.4 Å². The molecule has 1 saturated carbocycles. The fourth-order valence-corrected chi connectivity index (χ4v) is 1.40. The van der Waals surface area contributed by atoms with E-state index in [1.807, 2.05) is 0 Å². The van der Waals surface area contributed by atoms with Crippen molar-refractivity contribution in [1.29, 1.82) is 0 Å². The van der Waals surface area contributed by atoms with Crippen LogP contribution >= 0.6 is 0 Å². The van der Waals surface area contributed by atoms with Gasteiger partial charge >= 0.3 is 5.97 Å². The molecule has 1 aliphatic carbocycles. The second-order valence-corrected chi connectivity index (χ2v) is 3.35. The third kappa shape index (κ3) is 2.17. The molecule has 4 heteroatoms. The molecule has 0 aromatic heterocycles. The Bertz CT molecular complexity index is 158. The van der Waals surface area contributed by atoms with Crippen molar-refractivity contribution in [1.82, 2.24) is 0 Å². The zero-order valence-corrected chi connectivity index (χ0v) is 6.42. The van der Waals surface area contributed by atoms with Crippen molar-refractivity contribution in [3.63, 3.8) is 0 Å². The topological polar surface area (TPSA) is 89.3 Å². The summed E-state index contributed by atoms with van der Waals surface area (Å²) in [6, 6.07) is 0. The third-order valence-corrected chi connectivity index (χ3v) is 2.27. The van der Waals surface area contributed by atoms with Gasteiger partial charge in [-0.1, -0.05) is 0 Å². The summed E-state index contributed by atoms with van der Waals surface area (Å²) in [5.41, 5.74) is 10.6. The number of carboxylic acids is 1. The number of hydrogen-bond acceptors (Lipinski definition) is 3. The van der Waals surface area contributed by atoms with Crippen molar-refractivity contribution in [3.05, 3.63) is 0 Å². The van der Waals surface area contributed by atoms with Crippen molar-refractivity contribution in [3.8, 4) is 0 Å². The van der Waals surface area contributed by atoms with Crippen LogP contribution in [0.2, 0.25) is 0 Å². The molecule has 1 rings (SSSR count). The van der Waals surface area contributed by atoms with Gasteiger partial charge in [0.15, 0.2) is 0 Å². The minimum absolute atomic E-state index is 0.227. The first kappa shape index (κ1) is 8.49. The highest BCUT2D eigenvalue weighted by Gasteiger charge is 2.30. The van der Waals surface area contributed by atoms with Gasteiger partial charge in [-0.15, -0.1) is 0 Å². The molecule has 0 spiro atoms. The molecule has 1 fully saturated rings. The molecule has 0 aromatic carbocycles. The van der Waals surface area contributed by atoms with Crippen LogP contribution in [0, 0.1) is 5.92 Å². The number of nitrogens with two attached hydrogens (primary N) is 2. The summed E-state index contributed by atoms with van der Waals surface area (Å²) in [4.78, 5) is 10.5. The van der Waals surface area contributed by atoms with Gasteiger partial charge in [-0.2, -0.15) is 0 Å². The van der Waals surface area contributed by atoms with Gasteiger partial charge in [0.1, 0.15) is 0 Å². The standard InChI is InChI=1S/C7H14N2O2/c8-7(9)3-1-5(2-4-7)6(10)11/h5H,1-4,8-9H2,(H,10,11). The molecular weight excluding hydrogens is 144 g/mol. The molecule has 0 unspecified atom stereocenters. The first-order valence-corrected chi connectivity index (χ1v) is 3.82. The van der Waals surface area contributed by atoms with E-state index in [0.29, 0.717) is 25.7 Å². The zero-order valence-electron chi connectivity index (χ0n) is 6.42. The SMILES string of the molecule is NC1(N)CCC(C(=O)O)CC1. The molecule has 0 aliphatic heterocycles. The van der Waals surface area contributed by atoms with Crippen LogP contribution in [0.4, 0.5) is 0 Å². The lowest BCUT2D eigenvalue weighted by Gasteiger charge is -2.31. The molecule has 0 aromatic rings. The van der Waals surface area contributed by atoms with E-state index in [1.165, 1.54) is 0 Å². The Morgan fingerprint density at radius 2 is 1.82 bits per heavy atom. The molecule has 0 atom stereocenters. The van der Waals surface area contributed by atoms with Gasteiger partial charge in [-0.05, 0) is 25.7 Å². The monoisotopic (exact) mass is 158 g/mol. The molecule has 0 heterocycles. The van der Waals surface area contributed by atoms with Crippen LogP contribution in [-0.4, -0.2) is 16.7 Å². The summed E-state index contributed by atoms with van der Waals surface area (Å²) in [6.45, 7) is 0. The van der Waals surface area contributed by atoms with Crippen LogP contribution in [0.3, 0.4) is 0 Å². The predicted octanol–water partition coefficient (Wildman–Crippen LogP) is -0.125. The Kier molecular flexibility index (Phi) is 2.15. The van der Waals surface area contributed by atoms with Crippen molar-refractivity contribution in [2.45, 2.75) is 31.3 Å². The summed E-state index contributed by atoms with van der Waals surface area (Å²) in [6.07, 6.45) is 2.46. The van der Waals surface area contributed by atoms with Crippen LogP contribution in [0.1, 0.15) is 25.7 Å². The number of rotatable bonds is 1. The average molecular weight is 158 g/mol. The second kappa shape index (κ2) is 2.79. The van der Waals surface area contributed by atoms with Gasteiger partial charge in [0.25, 0.3) is 0 Å². The van der Waals surface area contributed by atoms with E-state index in [-0.39, 0.29) is 5.92 Å². The Hall–Kier alpha value is -0.610. The van der Waals surface area contributed by atoms with E-state index >= 15 is 0 Å². The van der Waals surface area contributed by atoms with Crippen molar-refractivity contribution in [2.75, 3.05) is 0 Å². The van der Waals surface area contributed by atoms with Crippen molar-refractivity contribution >= 4 is 5.97 Å². The Labute approximate surface area is 65.6 Å². The van der Waals surface area contributed by atoms with Gasteiger partial charge in [0.2, 0.25) is 0 Å². The summed E-state index contributed by atoms with van der Waals surface area (Å²) in [5, 5.41) is 8.63. The van der Waals surface area contributed by atoms with Crippen LogP contribution in [0.15, 0.2) is 0 Å². The Morgan fingerprint density at radius 1 is 1.36 bits per heavy atom. The molecule has 1 aliphatic rings. The van der Waals surface area contributed by atoms with Gasteiger partial charge in [0.05, 0.1) is 11.6 Å². The first-order valence-electron chi connectivity index (χ1n) is 3.82. The number of aliphatic carboxylic acids is 1. The molecular formula is C7H14N2O2. The summed E-state index contributed by atoms with van der Waals surface area (Å²) in [5.74, 6) is -0.948. The van der Waals surface area contributed by atoms with E-state index in [9.17, 15) is 4.79 Å². The Morgan fingerprint density at radius 3 is 2.18 bits per heavy atom. The predicted molar refractivity (Wildman–Crippen MR) is 40.7 cm³/mol. The molecule has 4 nitrogen and oxygen atoms in total. The molecule has 0 radical (unpaired) electrons. The van der Waals surface area contributed by atoms with Gasteiger partial charge in [-0.25, -0.2) is 0 Å². The van der Waals surface area contributed by atoms with E-state index in [0.717, 1.165) is 0 Å². The quantitative estimate of drug-likeness (QED) is 0.464. The highest BCUT2D eigenvalue weighted by molar-refractivity contribution is 5.70. The lowest BCUT2D eigenvalue weighted by atomic mass is 9.83. The summed E-state index contributed by atoms with van der Waals surface area (Å²) in [7, 11) is 0. The summed E-state index contributed by atoms with van der Waals surface area (Å²) >= 11 is 0.